The molecule has 0 radical (unpaired) electrons. The number of nitrogens with zero attached hydrogens (tertiary/aromatic N) is 1. The lowest BCUT2D eigenvalue weighted by Crippen LogP contribution is -2.28. The predicted molar refractivity (Wildman–Crippen MR) is 90.6 cm³/mol. The van der Waals surface area contributed by atoms with E-state index in [9.17, 15) is 4.39 Å². The SMILES string of the molecule is CC(C)N(C)CC(=C1SCCCS1)c1ccc(F)cc1. The van der Waals surface area contributed by atoms with Crippen molar-refractivity contribution in [3.8, 4) is 0 Å². The lowest BCUT2D eigenvalue weighted by molar-refractivity contribution is 0.307. The van der Waals surface area contributed by atoms with Gasteiger partial charge in [-0.05, 0) is 62.1 Å². The maximum atomic E-state index is 13.1. The third kappa shape index (κ3) is 4.27. The molecule has 1 aliphatic heterocycles. The first kappa shape index (κ1) is 15.9. The molecule has 0 unspecified atom stereocenters. The van der Waals surface area contributed by atoms with Crippen LogP contribution in [0.1, 0.15) is 25.8 Å². The highest BCUT2D eigenvalue weighted by Gasteiger charge is 2.17. The van der Waals surface area contributed by atoms with Gasteiger partial charge in [0, 0.05) is 16.8 Å². The fourth-order valence-corrected chi connectivity index (χ4v) is 4.64. The summed E-state index contributed by atoms with van der Waals surface area (Å²) >= 11 is 3.89. The Bertz CT molecular complexity index is 460. The number of hydrogen-bond donors (Lipinski definition) is 0. The normalized spacial score (nSPS) is 16.0. The lowest BCUT2D eigenvalue weighted by Gasteiger charge is -2.26. The van der Waals surface area contributed by atoms with E-state index in [4.69, 9.17) is 0 Å². The molecule has 0 saturated carbocycles. The van der Waals surface area contributed by atoms with Gasteiger partial charge in [0.1, 0.15) is 5.82 Å². The van der Waals surface area contributed by atoms with Crippen LogP contribution < -0.4 is 0 Å². The minimum atomic E-state index is -0.167. The van der Waals surface area contributed by atoms with Gasteiger partial charge in [0.05, 0.1) is 0 Å². The van der Waals surface area contributed by atoms with Crippen molar-refractivity contribution in [2.75, 3.05) is 25.1 Å². The average molecular weight is 311 g/mol. The van der Waals surface area contributed by atoms with Crippen molar-refractivity contribution in [1.29, 1.82) is 0 Å². The first-order valence-corrected chi connectivity index (χ1v) is 9.00. The summed E-state index contributed by atoms with van der Waals surface area (Å²) in [5.41, 5.74) is 2.49. The van der Waals surface area contributed by atoms with E-state index in [0.717, 1.165) is 12.1 Å². The minimum absolute atomic E-state index is 0.167. The van der Waals surface area contributed by atoms with Gasteiger partial charge in [-0.1, -0.05) is 12.1 Å². The Labute approximate surface area is 130 Å². The maximum absolute atomic E-state index is 13.1. The molecule has 0 aliphatic carbocycles. The van der Waals surface area contributed by atoms with E-state index in [1.54, 1.807) is 12.1 Å². The van der Waals surface area contributed by atoms with Crippen LogP contribution in [0.25, 0.3) is 5.57 Å². The summed E-state index contributed by atoms with van der Waals surface area (Å²) < 4.78 is 14.6. The molecule has 0 atom stereocenters. The highest BCUT2D eigenvalue weighted by atomic mass is 32.2. The van der Waals surface area contributed by atoms with Gasteiger partial charge in [-0.3, -0.25) is 4.90 Å². The summed E-state index contributed by atoms with van der Waals surface area (Å²) in [4.78, 5) is 2.33. The molecular formula is C16H22FNS2. The molecule has 1 aromatic carbocycles. The quantitative estimate of drug-likeness (QED) is 0.793. The van der Waals surface area contributed by atoms with Crippen molar-refractivity contribution >= 4 is 29.1 Å². The van der Waals surface area contributed by atoms with Gasteiger partial charge in [0.15, 0.2) is 0 Å². The topological polar surface area (TPSA) is 3.24 Å². The smallest absolute Gasteiger partial charge is 0.123 e. The van der Waals surface area contributed by atoms with Crippen LogP contribution in [-0.2, 0) is 0 Å². The molecule has 4 heteroatoms. The fourth-order valence-electron chi connectivity index (χ4n) is 1.96. The molecule has 0 spiro atoms. The molecule has 1 aromatic rings. The predicted octanol–water partition coefficient (Wildman–Crippen LogP) is 4.70. The van der Waals surface area contributed by atoms with Gasteiger partial charge >= 0.3 is 0 Å². The van der Waals surface area contributed by atoms with E-state index >= 15 is 0 Å². The summed E-state index contributed by atoms with van der Waals surface area (Å²) in [6.07, 6.45) is 1.27. The number of thioether (sulfide) groups is 2. The van der Waals surface area contributed by atoms with E-state index in [-0.39, 0.29) is 5.82 Å². The summed E-state index contributed by atoms with van der Waals surface area (Å²) in [5.74, 6) is 2.22. The Balaban J connectivity index is 2.30. The molecule has 1 heterocycles. The standard InChI is InChI=1S/C16H22FNS2/c1-12(2)18(3)11-15(16-19-9-4-10-20-16)13-5-7-14(17)8-6-13/h5-8,12H,4,9-11H2,1-3H3. The summed E-state index contributed by atoms with van der Waals surface area (Å²) in [5, 5.41) is 0. The van der Waals surface area contributed by atoms with Crippen molar-refractivity contribution in [1.82, 2.24) is 4.90 Å². The molecule has 0 bridgehead atoms. The largest absolute Gasteiger partial charge is 0.300 e. The molecule has 20 heavy (non-hydrogen) atoms. The maximum Gasteiger partial charge on any atom is 0.123 e. The molecule has 0 aromatic heterocycles. The number of likely N-dealkylation sites (N-methyl/N-ethyl adjacent to an activating group) is 1. The van der Waals surface area contributed by atoms with E-state index in [1.807, 2.05) is 35.7 Å². The molecule has 1 saturated heterocycles. The van der Waals surface area contributed by atoms with Crippen molar-refractivity contribution in [2.45, 2.75) is 26.3 Å². The van der Waals surface area contributed by atoms with Gasteiger partial charge in [-0.2, -0.15) is 0 Å². The molecule has 1 fully saturated rings. The van der Waals surface area contributed by atoms with E-state index in [1.165, 1.54) is 27.7 Å². The molecule has 2 rings (SSSR count). The summed E-state index contributed by atoms with van der Waals surface area (Å²) in [6.45, 7) is 5.32. The highest BCUT2D eigenvalue weighted by molar-refractivity contribution is 8.23. The Kier molecular flexibility index (Phi) is 6.00. The van der Waals surface area contributed by atoms with Crippen LogP contribution in [0.4, 0.5) is 4.39 Å². The van der Waals surface area contributed by atoms with Crippen LogP contribution in [-0.4, -0.2) is 36.0 Å². The number of benzene rings is 1. The first-order chi connectivity index (χ1) is 9.58. The lowest BCUT2D eigenvalue weighted by atomic mass is 10.1. The zero-order chi connectivity index (χ0) is 14.5. The van der Waals surface area contributed by atoms with Crippen LogP contribution >= 0.6 is 23.5 Å². The zero-order valence-corrected chi connectivity index (χ0v) is 14.0. The van der Waals surface area contributed by atoms with Crippen molar-refractivity contribution < 1.29 is 4.39 Å². The second-order valence-electron chi connectivity index (χ2n) is 5.33. The van der Waals surface area contributed by atoms with Gasteiger partial charge in [-0.25, -0.2) is 4.39 Å². The van der Waals surface area contributed by atoms with E-state index in [2.05, 4.69) is 25.8 Å². The Morgan fingerprint density at radius 2 is 1.80 bits per heavy atom. The molecule has 1 nitrogen and oxygen atoms in total. The molecular weight excluding hydrogens is 289 g/mol. The second kappa shape index (κ2) is 7.53. The van der Waals surface area contributed by atoms with Crippen LogP contribution in [0.2, 0.25) is 0 Å². The molecule has 0 amide bonds. The highest BCUT2D eigenvalue weighted by Crippen LogP contribution is 2.40. The van der Waals surface area contributed by atoms with Crippen LogP contribution in [0.3, 0.4) is 0 Å². The Morgan fingerprint density at radius 3 is 2.35 bits per heavy atom. The van der Waals surface area contributed by atoms with Crippen LogP contribution in [0.15, 0.2) is 28.5 Å². The van der Waals surface area contributed by atoms with Crippen molar-refractivity contribution in [3.63, 3.8) is 0 Å². The fraction of sp³-hybridized carbons (Fsp3) is 0.500. The van der Waals surface area contributed by atoms with Crippen LogP contribution in [0, 0.1) is 5.82 Å². The molecule has 110 valence electrons. The van der Waals surface area contributed by atoms with E-state index < -0.39 is 0 Å². The van der Waals surface area contributed by atoms with Gasteiger partial charge in [0.25, 0.3) is 0 Å². The van der Waals surface area contributed by atoms with Crippen LogP contribution in [0.5, 0.6) is 0 Å². The Hall–Kier alpha value is -0.450. The van der Waals surface area contributed by atoms with Gasteiger partial charge in [0.2, 0.25) is 0 Å². The third-order valence-corrected chi connectivity index (χ3v) is 6.19. The number of halogens is 1. The van der Waals surface area contributed by atoms with Crippen molar-refractivity contribution in [3.05, 3.63) is 39.9 Å². The number of rotatable bonds is 4. The Morgan fingerprint density at radius 1 is 1.20 bits per heavy atom. The van der Waals surface area contributed by atoms with Crippen molar-refractivity contribution in [2.24, 2.45) is 0 Å². The summed E-state index contributed by atoms with van der Waals surface area (Å²) in [7, 11) is 2.15. The third-order valence-electron chi connectivity index (χ3n) is 3.48. The first-order valence-electron chi connectivity index (χ1n) is 7.03. The number of hydrogen-bond acceptors (Lipinski definition) is 3. The van der Waals surface area contributed by atoms with Gasteiger partial charge in [-0.15, -0.1) is 23.5 Å². The summed E-state index contributed by atoms with van der Waals surface area (Å²) in [6, 6.07) is 7.43. The molecule has 0 N–H and O–H groups in total. The van der Waals surface area contributed by atoms with Gasteiger partial charge < -0.3 is 0 Å². The average Bonchev–Trinajstić information content (AvgIpc) is 2.46. The monoisotopic (exact) mass is 311 g/mol. The molecule has 1 aliphatic rings. The zero-order valence-electron chi connectivity index (χ0n) is 12.4. The minimum Gasteiger partial charge on any atom is -0.300 e. The second-order valence-corrected chi connectivity index (χ2v) is 7.80. The van der Waals surface area contributed by atoms with E-state index in [0.29, 0.717) is 6.04 Å².